The van der Waals surface area contributed by atoms with Crippen molar-refractivity contribution in [2.24, 2.45) is 45.3 Å². The highest BCUT2D eigenvalue weighted by Crippen LogP contribution is 2.36. The van der Waals surface area contributed by atoms with Crippen LogP contribution < -0.4 is 34.4 Å². The number of hydrogen-bond donors (Lipinski definition) is 11. The molecule has 13 atom stereocenters. The standard InChI is InChI=1S/C23H46N8O10/c24-3-4-31(37)14(33)6-9-5-11(26)20(41-21-12(30-23(28)29)2-1-10(7-25)38-21)18(36)19(9)40-22-17(35)15(27)16(34)13(8-32)39-22/h9-13,15-22,32,34-37H,1-8,24-27H2,(H4,28,29,30)/t9-,10-,11-,12+,13+,15-,16+,17+,18+,19-,20?,21+,22+/m0/s1. The van der Waals surface area contributed by atoms with Crippen molar-refractivity contribution in [3.63, 3.8) is 0 Å². The molecule has 238 valence electrons. The Bertz CT molecular complexity index is 870. The third kappa shape index (κ3) is 8.20. The first kappa shape index (κ1) is 33.7. The molecule has 0 spiro atoms. The number of carbonyl (C=O) groups excluding carboxylic acids is 1. The van der Waals surface area contributed by atoms with E-state index in [0.29, 0.717) is 17.9 Å². The zero-order valence-electron chi connectivity index (χ0n) is 22.8. The second-order valence-corrected chi connectivity index (χ2v) is 10.7. The Morgan fingerprint density at radius 2 is 1.66 bits per heavy atom. The van der Waals surface area contributed by atoms with Gasteiger partial charge in [0.2, 0.25) is 5.91 Å². The van der Waals surface area contributed by atoms with Gasteiger partial charge in [0.25, 0.3) is 0 Å². The van der Waals surface area contributed by atoms with Crippen LogP contribution in [0.25, 0.3) is 0 Å². The largest absolute Gasteiger partial charge is 0.394 e. The number of ether oxygens (including phenoxy) is 4. The van der Waals surface area contributed by atoms with Gasteiger partial charge in [-0.15, -0.1) is 0 Å². The van der Waals surface area contributed by atoms with Crippen molar-refractivity contribution in [1.29, 1.82) is 0 Å². The number of guanidine groups is 1. The molecule has 3 fully saturated rings. The third-order valence-electron chi connectivity index (χ3n) is 7.72. The van der Waals surface area contributed by atoms with E-state index in [1.165, 1.54) is 0 Å². The maximum absolute atomic E-state index is 12.7. The zero-order chi connectivity index (χ0) is 30.4. The molecule has 0 aromatic heterocycles. The van der Waals surface area contributed by atoms with Crippen molar-refractivity contribution >= 4 is 11.9 Å². The SMILES string of the molecule is NCCN(O)C(=O)C[C@@H]1C[C@H](N)C(O[C@H]2O[C@H](CN)CC[C@H]2N=C(N)N)[C@H](O)[C@H]1O[C@H]1O[C@H](CO)[C@@H](O)[C@H](N)[C@H]1O. The van der Waals surface area contributed by atoms with Gasteiger partial charge in [0.05, 0.1) is 31.4 Å². The van der Waals surface area contributed by atoms with Crippen molar-refractivity contribution in [2.75, 3.05) is 26.2 Å². The normalized spacial score (nSPS) is 41.5. The van der Waals surface area contributed by atoms with Gasteiger partial charge in [-0.1, -0.05) is 0 Å². The number of aliphatic imine (C=N–C) groups is 1. The fraction of sp³-hybridized carbons (Fsp3) is 0.913. The van der Waals surface area contributed by atoms with Crippen LogP contribution in [0.2, 0.25) is 0 Å². The fourth-order valence-corrected chi connectivity index (χ4v) is 5.48. The minimum Gasteiger partial charge on any atom is -0.394 e. The molecule has 0 bridgehead atoms. The highest BCUT2D eigenvalue weighted by molar-refractivity contribution is 5.76. The smallest absolute Gasteiger partial charge is 0.246 e. The third-order valence-corrected chi connectivity index (χ3v) is 7.72. The number of hydrogen-bond acceptors (Lipinski definition) is 15. The predicted octanol–water partition coefficient (Wildman–Crippen LogP) is -6.10. The Balaban J connectivity index is 1.87. The Morgan fingerprint density at radius 1 is 0.976 bits per heavy atom. The summed E-state index contributed by atoms with van der Waals surface area (Å²) in [5.74, 6) is -1.69. The molecule has 0 radical (unpaired) electrons. The van der Waals surface area contributed by atoms with Gasteiger partial charge in [-0.05, 0) is 25.2 Å². The molecular formula is C23H46N8O10. The van der Waals surface area contributed by atoms with Crippen LogP contribution in [-0.4, -0.2) is 142 Å². The Morgan fingerprint density at radius 3 is 2.27 bits per heavy atom. The maximum atomic E-state index is 12.7. The summed E-state index contributed by atoms with van der Waals surface area (Å²) < 4.78 is 23.6. The van der Waals surface area contributed by atoms with Crippen LogP contribution in [0.4, 0.5) is 0 Å². The van der Waals surface area contributed by atoms with Crippen LogP contribution in [0.3, 0.4) is 0 Å². The first-order chi connectivity index (χ1) is 19.4. The van der Waals surface area contributed by atoms with Crippen LogP contribution in [0.5, 0.6) is 0 Å². The Hall–Kier alpha value is -1.78. The number of aliphatic hydroxyl groups excluding tert-OH is 4. The lowest BCUT2D eigenvalue weighted by atomic mass is 9.77. The van der Waals surface area contributed by atoms with Gasteiger partial charge < -0.3 is 73.8 Å². The van der Waals surface area contributed by atoms with Crippen LogP contribution in [0.1, 0.15) is 25.7 Å². The molecule has 2 aliphatic heterocycles. The van der Waals surface area contributed by atoms with Crippen LogP contribution >= 0.6 is 0 Å². The second kappa shape index (κ2) is 15.1. The summed E-state index contributed by atoms with van der Waals surface area (Å²) in [5, 5.41) is 52.5. The van der Waals surface area contributed by atoms with Crippen molar-refractivity contribution in [2.45, 2.75) is 99.1 Å². The Labute approximate surface area is 237 Å². The predicted molar refractivity (Wildman–Crippen MR) is 141 cm³/mol. The molecule has 41 heavy (non-hydrogen) atoms. The van der Waals surface area contributed by atoms with Crippen molar-refractivity contribution in [3.8, 4) is 0 Å². The highest BCUT2D eigenvalue weighted by atomic mass is 16.7. The van der Waals surface area contributed by atoms with Gasteiger partial charge in [-0.3, -0.25) is 10.0 Å². The van der Waals surface area contributed by atoms with Gasteiger partial charge in [0.15, 0.2) is 18.5 Å². The highest BCUT2D eigenvalue weighted by Gasteiger charge is 2.51. The van der Waals surface area contributed by atoms with Gasteiger partial charge >= 0.3 is 0 Å². The molecule has 1 aliphatic carbocycles. The van der Waals surface area contributed by atoms with Crippen LogP contribution in [0.15, 0.2) is 4.99 Å². The summed E-state index contributed by atoms with van der Waals surface area (Å²) >= 11 is 0. The van der Waals surface area contributed by atoms with E-state index in [0.717, 1.165) is 0 Å². The lowest BCUT2D eigenvalue weighted by Gasteiger charge is -2.48. The van der Waals surface area contributed by atoms with E-state index in [9.17, 15) is 30.4 Å². The number of carbonyl (C=O) groups is 1. The van der Waals surface area contributed by atoms with E-state index >= 15 is 0 Å². The molecule has 0 aromatic carbocycles. The zero-order valence-corrected chi connectivity index (χ0v) is 22.8. The lowest BCUT2D eigenvalue weighted by molar-refractivity contribution is -0.318. The van der Waals surface area contributed by atoms with Crippen LogP contribution in [-0.2, 0) is 23.7 Å². The average molecular weight is 595 g/mol. The summed E-state index contributed by atoms with van der Waals surface area (Å²) in [4.78, 5) is 16.9. The first-order valence-electron chi connectivity index (χ1n) is 13.7. The maximum Gasteiger partial charge on any atom is 0.246 e. The number of nitrogens with zero attached hydrogens (tertiary/aromatic N) is 2. The minimum atomic E-state index is -1.56. The quantitative estimate of drug-likeness (QED) is 0.0458. The number of rotatable bonds is 11. The van der Waals surface area contributed by atoms with Crippen LogP contribution in [0, 0.1) is 5.92 Å². The minimum absolute atomic E-state index is 0.0118. The van der Waals surface area contributed by atoms with E-state index < -0.39 is 85.8 Å². The molecule has 17 N–H and O–H groups in total. The number of amides is 1. The van der Waals surface area contributed by atoms with Gasteiger partial charge in [0, 0.05) is 25.6 Å². The summed E-state index contributed by atoms with van der Waals surface area (Å²) in [6.07, 6.45) is -10.1. The Kier molecular flexibility index (Phi) is 12.4. The molecule has 0 aromatic rings. The molecule has 18 heteroatoms. The van der Waals surface area contributed by atoms with E-state index in [2.05, 4.69) is 4.99 Å². The summed E-state index contributed by atoms with van der Waals surface area (Å²) in [7, 11) is 0. The molecule has 3 aliphatic rings. The molecule has 2 heterocycles. The lowest BCUT2D eigenvalue weighted by Crippen LogP contribution is -2.66. The molecule has 3 rings (SSSR count). The van der Waals surface area contributed by atoms with Crippen molar-refractivity contribution < 1.29 is 49.4 Å². The topological polar surface area (TPSA) is 327 Å². The molecule has 1 unspecified atom stereocenters. The molecule has 2 saturated heterocycles. The molecule has 18 nitrogen and oxygen atoms in total. The average Bonchev–Trinajstić information content (AvgIpc) is 2.93. The molecule has 1 saturated carbocycles. The molecule has 1 amide bonds. The van der Waals surface area contributed by atoms with E-state index in [1.807, 2.05) is 0 Å². The van der Waals surface area contributed by atoms with E-state index in [1.54, 1.807) is 0 Å². The van der Waals surface area contributed by atoms with E-state index in [-0.39, 0.29) is 44.5 Å². The summed E-state index contributed by atoms with van der Waals surface area (Å²) in [6, 6.07) is -2.71. The summed E-state index contributed by atoms with van der Waals surface area (Å²) in [6.45, 7) is -0.531. The second-order valence-electron chi connectivity index (χ2n) is 10.7. The van der Waals surface area contributed by atoms with Gasteiger partial charge in [0.1, 0.15) is 36.6 Å². The molecular weight excluding hydrogens is 548 g/mol. The number of hydroxylamine groups is 2. The first-order valence-corrected chi connectivity index (χ1v) is 13.7. The fourth-order valence-electron chi connectivity index (χ4n) is 5.48. The number of aliphatic hydroxyl groups is 4. The van der Waals surface area contributed by atoms with Gasteiger partial charge in [-0.2, -0.15) is 0 Å². The van der Waals surface area contributed by atoms with E-state index in [4.69, 9.17) is 53.3 Å². The van der Waals surface area contributed by atoms with Crippen molar-refractivity contribution in [1.82, 2.24) is 5.06 Å². The number of nitrogens with two attached hydrogens (primary N) is 6. The summed E-state index contributed by atoms with van der Waals surface area (Å²) in [5.41, 5.74) is 34.7. The van der Waals surface area contributed by atoms with Crippen molar-refractivity contribution in [3.05, 3.63) is 0 Å². The van der Waals surface area contributed by atoms with Gasteiger partial charge in [-0.25, -0.2) is 10.1 Å². The monoisotopic (exact) mass is 594 g/mol.